The summed E-state index contributed by atoms with van der Waals surface area (Å²) in [4.78, 5) is 6.75. The molecule has 2 aliphatic rings. The van der Waals surface area contributed by atoms with E-state index in [4.69, 9.17) is 9.47 Å². The summed E-state index contributed by atoms with van der Waals surface area (Å²) < 4.78 is 11.4. The van der Waals surface area contributed by atoms with Crippen LogP contribution in [-0.4, -0.2) is 59.0 Å². The van der Waals surface area contributed by atoms with E-state index in [0.29, 0.717) is 6.10 Å². The highest BCUT2D eigenvalue weighted by Crippen LogP contribution is 2.21. The topological polar surface area (TPSA) is 63.3 Å². The molecule has 2 atom stereocenters. The molecule has 2 saturated heterocycles. The summed E-state index contributed by atoms with van der Waals surface area (Å²) in [5, 5.41) is 7.06. The first kappa shape index (κ1) is 12.1. The summed E-state index contributed by atoms with van der Waals surface area (Å²) >= 11 is 0. The number of nitrogens with one attached hydrogen (secondary N) is 1. The van der Waals surface area contributed by atoms with Crippen LogP contribution in [0.1, 0.15) is 30.6 Å². The molecule has 18 heavy (non-hydrogen) atoms. The van der Waals surface area contributed by atoms with Crippen molar-refractivity contribution in [2.75, 3.05) is 32.8 Å². The number of nitrogens with zero attached hydrogens (tertiary/aromatic N) is 3. The van der Waals surface area contributed by atoms with Gasteiger partial charge in [0.05, 0.1) is 12.7 Å². The zero-order valence-corrected chi connectivity index (χ0v) is 10.8. The van der Waals surface area contributed by atoms with Crippen molar-refractivity contribution in [1.29, 1.82) is 0 Å². The van der Waals surface area contributed by atoms with Gasteiger partial charge in [-0.25, -0.2) is 4.98 Å². The van der Waals surface area contributed by atoms with E-state index in [1.54, 1.807) is 0 Å². The van der Waals surface area contributed by atoms with Gasteiger partial charge in [-0.15, -0.1) is 0 Å². The van der Waals surface area contributed by atoms with Gasteiger partial charge in [-0.2, -0.15) is 5.10 Å². The maximum Gasteiger partial charge on any atom is 0.180 e. The molecule has 2 fully saturated rings. The molecule has 3 rings (SSSR count). The van der Waals surface area contributed by atoms with E-state index in [-0.39, 0.29) is 6.10 Å². The van der Waals surface area contributed by atoms with Crippen molar-refractivity contribution in [3.63, 3.8) is 0 Å². The Bertz CT molecular complexity index is 389. The van der Waals surface area contributed by atoms with Crippen LogP contribution in [0.3, 0.4) is 0 Å². The highest BCUT2D eigenvalue weighted by molar-refractivity contribution is 4.95. The van der Waals surface area contributed by atoms with Crippen LogP contribution in [-0.2, 0) is 9.47 Å². The van der Waals surface area contributed by atoms with Gasteiger partial charge in [0.15, 0.2) is 5.82 Å². The lowest BCUT2D eigenvalue weighted by molar-refractivity contribution is -0.0481. The number of aromatic nitrogens is 3. The van der Waals surface area contributed by atoms with Crippen LogP contribution < -0.4 is 0 Å². The van der Waals surface area contributed by atoms with Crippen LogP contribution in [0.4, 0.5) is 0 Å². The van der Waals surface area contributed by atoms with Gasteiger partial charge < -0.3 is 9.47 Å². The maximum atomic E-state index is 5.74. The Hall–Kier alpha value is -0.980. The van der Waals surface area contributed by atoms with Crippen LogP contribution in [0.2, 0.25) is 0 Å². The van der Waals surface area contributed by atoms with E-state index in [0.717, 1.165) is 44.5 Å². The van der Waals surface area contributed by atoms with Crippen LogP contribution in [0.25, 0.3) is 0 Å². The van der Waals surface area contributed by atoms with Gasteiger partial charge in [0, 0.05) is 26.2 Å². The summed E-state index contributed by atoms with van der Waals surface area (Å²) in [6.07, 6.45) is 2.77. The third-order valence-electron chi connectivity index (χ3n) is 3.54. The third kappa shape index (κ3) is 2.71. The number of morpholine rings is 1. The SMILES string of the molecule is Cc1nc([C@H]2CN(C[C@H]3CCCO3)CCO2)n[nH]1. The predicted octanol–water partition coefficient (Wildman–Crippen LogP) is 0.665. The molecule has 100 valence electrons. The lowest BCUT2D eigenvalue weighted by atomic mass is 10.2. The molecule has 0 aliphatic carbocycles. The summed E-state index contributed by atoms with van der Waals surface area (Å²) in [5.74, 6) is 1.61. The molecule has 1 N–H and O–H groups in total. The number of aryl methyl sites for hydroxylation is 1. The summed E-state index contributed by atoms with van der Waals surface area (Å²) in [6, 6.07) is 0. The molecule has 0 spiro atoms. The normalized spacial score (nSPS) is 29.8. The number of aromatic amines is 1. The first-order valence-electron chi connectivity index (χ1n) is 6.66. The number of hydrogen-bond donors (Lipinski definition) is 1. The molecule has 1 aromatic rings. The summed E-state index contributed by atoms with van der Waals surface area (Å²) in [7, 11) is 0. The zero-order chi connectivity index (χ0) is 12.4. The molecular formula is C12H20N4O2. The van der Waals surface area contributed by atoms with Gasteiger partial charge in [-0.3, -0.25) is 10.00 Å². The minimum atomic E-state index is -0.00916. The first-order valence-corrected chi connectivity index (χ1v) is 6.66. The summed E-state index contributed by atoms with van der Waals surface area (Å²) in [6.45, 7) is 6.40. The lowest BCUT2D eigenvalue weighted by Gasteiger charge is -2.32. The van der Waals surface area contributed by atoms with Gasteiger partial charge in [0.25, 0.3) is 0 Å². The number of H-pyrrole nitrogens is 1. The van der Waals surface area contributed by atoms with Gasteiger partial charge >= 0.3 is 0 Å². The quantitative estimate of drug-likeness (QED) is 0.856. The van der Waals surface area contributed by atoms with Crippen molar-refractivity contribution in [2.24, 2.45) is 0 Å². The Morgan fingerprint density at radius 2 is 2.33 bits per heavy atom. The Balaban J connectivity index is 1.57. The Labute approximate surface area is 107 Å². The fourth-order valence-electron chi connectivity index (χ4n) is 2.60. The smallest absolute Gasteiger partial charge is 0.180 e. The van der Waals surface area contributed by atoms with Crippen LogP contribution in [0.5, 0.6) is 0 Å². The molecular weight excluding hydrogens is 232 g/mol. The second-order valence-electron chi connectivity index (χ2n) is 5.03. The van der Waals surface area contributed by atoms with E-state index in [1.807, 2.05) is 6.92 Å². The standard InChI is InChI=1S/C12H20N4O2/c1-9-13-12(15-14-9)11-8-16(4-6-18-11)7-10-3-2-5-17-10/h10-11H,2-8H2,1H3,(H,13,14,15)/t10-,11-/m1/s1. The van der Waals surface area contributed by atoms with Crippen molar-refractivity contribution in [3.8, 4) is 0 Å². The van der Waals surface area contributed by atoms with Crippen LogP contribution >= 0.6 is 0 Å². The molecule has 0 saturated carbocycles. The molecule has 0 amide bonds. The van der Waals surface area contributed by atoms with E-state index >= 15 is 0 Å². The second-order valence-corrected chi connectivity index (χ2v) is 5.03. The Kier molecular flexibility index (Phi) is 3.58. The van der Waals surface area contributed by atoms with E-state index in [2.05, 4.69) is 20.1 Å². The molecule has 0 unspecified atom stereocenters. The van der Waals surface area contributed by atoms with Crippen molar-refractivity contribution in [2.45, 2.75) is 32.0 Å². The monoisotopic (exact) mass is 252 g/mol. The van der Waals surface area contributed by atoms with Crippen LogP contribution in [0, 0.1) is 6.92 Å². The lowest BCUT2D eigenvalue weighted by Crippen LogP contribution is -2.42. The average Bonchev–Trinajstić information content (AvgIpc) is 3.01. The van der Waals surface area contributed by atoms with Gasteiger partial charge in [0.2, 0.25) is 0 Å². The Morgan fingerprint density at radius 3 is 3.06 bits per heavy atom. The fraction of sp³-hybridized carbons (Fsp3) is 0.833. The second kappa shape index (κ2) is 5.34. The maximum absolute atomic E-state index is 5.74. The molecule has 0 bridgehead atoms. The largest absolute Gasteiger partial charge is 0.377 e. The number of rotatable bonds is 3. The van der Waals surface area contributed by atoms with Gasteiger partial charge in [-0.1, -0.05) is 0 Å². The molecule has 6 nitrogen and oxygen atoms in total. The molecule has 1 aromatic heterocycles. The van der Waals surface area contributed by atoms with E-state index in [9.17, 15) is 0 Å². The summed E-state index contributed by atoms with van der Waals surface area (Å²) in [5.41, 5.74) is 0. The van der Waals surface area contributed by atoms with Crippen LogP contribution in [0.15, 0.2) is 0 Å². The minimum Gasteiger partial charge on any atom is -0.377 e. The molecule has 0 radical (unpaired) electrons. The number of hydrogen-bond acceptors (Lipinski definition) is 5. The van der Waals surface area contributed by atoms with Crippen molar-refractivity contribution in [1.82, 2.24) is 20.1 Å². The predicted molar refractivity (Wildman–Crippen MR) is 65.2 cm³/mol. The molecule has 6 heteroatoms. The van der Waals surface area contributed by atoms with Gasteiger partial charge in [0.1, 0.15) is 11.9 Å². The first-order chi connectivity index (χ1) is 8.81. The third-order valence-corrected chi connectivity index (χ3v) is 3.54. The van der Waals surface area contributed by atoms with E-state index < -0.39 is 0 Å². The number of ether oxygens (including phenoxy) is 2. The molecule has 0 aromatic carbocycles. The average molecular weight is 252 g/mol. The van der Waals surface area contributed by atoms with Crippen molar-refractivity contribution in [3.05, 3.63) is 11.6 Å². The van der Waals surface area contributed by atoms with Crippen molar-refractivity contribution >= 4 is 0 Å². The highest BCUT2D eigenvalue weighted by atomic mass is 16.5. The van der Waals surface area contributed by atoms with Gasteiger partial charge in [-0.05, 0) is 19.8 Å². The highest BCUT2D eigenvalue weighted by Gasteiger charge is 2.27. The van der Waals surface area contributed by atoms with Crippen molar-refractivity contribution < 1.29 is 9.47 Å². The molecule has 3 heterocycles. The Morgan fingerprint density at radius 1 is 1.39 bits per heavy atom. The fourth-order valence-corrected chi connectivity index (χ4v) is 2.60. The van der Waals surface area contributed by atoms with E-state index in [1.165, 1.54) is 12.8 Å². The minimum absolute atomic E-state index is 0.00916. The molecule has 2 aliphatic heterocycles. The zero-order valence-electron chi connectivity index (χ0n) is 10.8.